The van der Waals surface area contributed by atoms with Crippen molar-refractivity contribution in [3.63, 3.8) is 0 Å². The fraction of sp³-hybridized carbons (Fsp3) is 0.684. The third-order valence-electron chi connectivity index (χ3n) is 4.81. The zero-order valence-electron chi connectivity index (χ0n) is 13.7. The van der Waals surface area contributed by atoms with E-state index in [2.05, 4.69) is 26.1 Å². The minimum absolute atomic E-state index is 0.142. The van der Waals surface area contributed by atoms with Gasteiger partial charge in [-0.05, 0) is 74.1 Å². The van der Waals surface area contributed by atoms with Gasteiger partial charge in [0.2, 0.25) is 0 Å². The van der Waals surface area contributed by atoms with Gasteiger partial charge in [0.15, 0.2) is 0 Å². The molecule has 1 aliphatic carbocycles. The monoisotopic (exact) mass is 291 g/mol. The molecule has 1 aliphatic rings. The summed E-state index contributed by atoms with van der Waals surface area (Å²) in [6.07, 6.45) is 6.20. The lowest BCUT2D eigenvalue weighted by Gasteiger charge is -2.37. The molecule has 0 radical (unpaired) electrons. The molecule has 1 nitrogen and oxygen atoms in total. The van der Waals surface area contributed by atoms with Crippen LogP contribution >= 0.6 is 0 Å². The van der Waals surface area contributed by atoms with Gasteiger partial charge in [-0.15, -0.1) is 0 Å². The summed E-state index contributed by atoms with van der Waals surface area (Å²) in [5.74, 6) is 2.27. The van der Waals surface area contributed by atoms with Crippen LogP contribution in [0.1, 0.15) is 52.0 Å². The topological polar surface area (TPSA) is 12.0 Å². The van der Waals surface area contributed by atoms with Crippen molar-refractivity contribution in [3.05, 3.63) is 35.6 Å². The molecule has 0 aromatic heterocycles. The van der Waals surface area contributed by atoms with Crippen LogP contribution in [-0.4, -0.2) is 12.6 Å². The van der Waals surface area contributed by atoms with Crippen LogP contribution in [0.3, 0.4) is 0 Å². The molecular formula is C19H30FN. The number of halogens is 1. The maximum atomic E-state index is 13.1. The molecule has 0 spiro atoms. The molecule has 0 bridgehead atoms. The minimum Gasteiger partial charge on any atom is -0.313 e. The van der Waals surface area contributed by atoms with Crippen LogP contribution in [0.5, 0.6) is 0 Å². The van der Waals surface area contributed by atoms with Gasteiger partial charge in [-0.2, -0.15) is 0 Å². The van der Waals surface area contributed by atoms with Gasteiger partial charge in [-0.3, -0.25) is 0 Å². The van der Waals surface area contributed by atoms with Crippen LogP contribution in [0.15, 0.2) is 24.3 Å². The Bertz CT molecular complexity index is 404. The van der Waals surface area contributed by atoms with Crippen molar-refractivity contribution in [2.75, 3.05) is 6.54 Å². The van der Waals surface area contributed by atoms with Gasteiger partial charge < -0.3 is 5.32 Å². The quantitative estimate of drug-likeness (QED) is 0.793. The second-order valence-electron chi connectivity index (χ2n) is 7.07. The summed E-state index contributed by atoms with van der Waals surface area (Å²) in [5, 5.41) is 3.75. The van der Waals surface area contributed by atoms with E-state index in [1.165, 1.54) is 24.8 Å². The molecular weight excluding hydrogens is 261 g/mol. The maximum absolute atomic E-state index is 13.1. The van der Waals surface area contributed by atoms with E-state index in [0.717, 1.165) is 37.1 Å². The molecule has 3 atom stereocenters. The molecule has 21 heavy (non-hydrogen) atoms. The van der Waals surface area contributed by atoms with Crippen LogP contribution in [0.4, 0.5) is 4.39 Å². The Balaban J connectivity index is 2.04. The molecule has 3 unspecified atom stereocenters. The molecule has 0 saturated heterocycles. The van der Waals surface area contributed by atoms with E-state index in [9.17, 15) is 4.39 Å². The Morgan fingerprint density at radius 3 is 2.29 bits per heavy atom. The largest absolute Gasteiger partial charge is 0.313 e. The van der Waals surface area contributed by atoms with Gasteiger partial charge in [0.1, 0.15) is 5.82 Å². The van der Waals surface area contributed by atoms with Gasteiger partial charge >= 0.3 is 0 Å². The molecule has 1 saturated carbocycles. The molecule has 0 heterocycles. The van der Waals surface area contributed by atoms with Crippen molar-refractivity contribution in [1.29, 1.82) is 0 Å². The minimum atomic E-state index is -0.142. The highest BCUT2D eigenvalue weighted by Gasteiger charge is 2.29. The van der Waals surface area contributed by atoms with E-state index in [-0.39, 0.29) is 5.82 Å². The Morgan fingerprint density at radius 2 is 1.71 bits per heavy atom. The molecule has 0 aliphatic heterocycles. The van der Waals surface area contributed by atoms with E-state index in [4.69, 9.17) is 0 Å². The van der Waals surface area contributed by atoms with Gasteiger partial charge in [0.25, 0.3) is 0 Å². The van der Waals surface area contributed by atoms with Crippen molar-refractivity contribution in [3.8, 4) is 0 Å². The highest BCUT2D eigenvalue weighted by molar-refractivity contribution is 5.17. The molecule has 1 fully saturated rings. The highest BCUT2D eigenvalue weighted by Crippen LogP contribution is 2.35. The zero-order chi connectivity index (χ0) is 15.2. The van der Waals surface area contributed by atoms with Gasteiger partial charge in [0.05, 0.1) is 0 Å². The van der Waals surface area contributed by atoms with Crippen LogP contribution in [0.2, 0.25) is 0 Å². The molecule has 1 aromatic rings. The fourth-order valence-electron chi connectivity index (χ4n) is 3.95. The highest BCUT2D eigenvalue weighted by atomic mass is 19.1. The molecule has 118 valence electrons. The van der Waals surface area contributed by atoms with Crippen molar-refractivity contribution in [2.24, 2.45) is 17.8 Å². The summed E-state index contributed by atoms with van der Waals surface area (Å²) in [6, 6.07) is 7.56. The second kappa shape index (κ2) is 7.93. The first-order valence-electron chi connectivity index (χ1n) is 8.56. The van der Waals surface area contributed by atoms with E-state index in [1.54, 1.807) is 12.1 Å². The lowest BCUT2D eigenvalue weighted by atomic mass is 9.72. The average molecular weight is 291 g/mol. The standard InChI is InChI=1S/C19H30FN/c1-4-9-21-19(13-16-5-7-18(20)8-6-16)17-11-14(2)10-15(3)12-17/h5-8,14-15,17,19,21H,4,9-13H2,1-3H3. The van der Waals surface area contributed by atoms with Crippen LogP contribution in [-0.2, 0) is 6.42 Å². The van der Waals surface area contributed by atoms with Crippen molar-refractivity contribution in [1.82, 2.24) is 5.32 Å². The molecule has 2 heteroatoms. The van der Waals surface area contributed by atoms with Crippen LogP contribution in [0.25, 0.3) is 0 Å². The first-order valence-corrected chi connectivity index (χ1v) is 8.56. The van der Waals surface area contributed by atoms with E-state index in [1.807, 2.05) is 12.1 Å². The van der Waals surface area contributed by atoms with Crippen LogP contribution < -0.4 is 5.32 Å². The Labute approximate surface area is 129 Å². The molecule has 1 N–H and O–H groups in total. The van der Waals surface area contributed by atoms with Gasteiger partial charge in [-0.25, -0.2) is 4.39 Å². The van der Waals surface area contributed by atoms with E-state index >= 15 is 0 Å². The second-order valence-corrected chi connectivity index (χ2v) is 7.07. The van der Waals surface area contributed by atoms with Crippen molar-refractivity contribution >= 4 is 0 Å². The Morgan fingerprint density at radius 1 is 1.10 bits per heavy atom. The van der Waals surface area contributed by atoms with Crippen LogP contribution in [0, 0.1) is 23.6 Å². The van der Waals surface area contributed by atoms with Crippen molar-refractivity contribution in [2.45, 2.75) is 58.9 Å². The lowest BCUT2D eigenvalue weighted by Crippen LogP contribution is -2.41. The smallest absolute Gasteiger partial charge is 0.123 e. The number of benzene rings is 1. The lowest BCUT2D eigenvalue weighted by molar-refractivity contribution is 0.175. The first kappa shape index (κ1) is 16.5. The molecule has 0 amide bonds. The zero-order valence-corrected chi connectivity index (χ0v) is 13.7. The van der Waals surface area contributed by atoms with Crippen molar-refractivity contribution < 1.29 is 4.39 Å². The average Bonchev–Trinajstić information content (AvgIpc) is 2.44. The normalized spacial score (nSPS) is 27.5. The predicted octanol–water partition coefficient (Wildman–Crippen LogP) is 4.81. The Hall–Kier alpha value is -0.890. The summed E-state index contributed by atoms with van der Waals surface area (Å²) in [6.45, 7) is 8.06. The summed E-state index contributed by atoms with van der Waals surface area (Å²) in [4.78, 5) is 0. The Kier molecular flexibility index (Phi) is 6.22. The fourth-order valence-corrected chi connectivity index (χ4v) is 3.95. The third-order valence-corrected chi connectivity index (χ3v) is 4.81. The number of nitrogens with one attached hydrogen (secondary N) is 1. The van der Waals surface area contributed by atoms with E-state index in [0.29, 0.717) is 6.04 Å². The maximum Gasteiger partial charge on any atom is 0.123 e. The number of hydrogen-bond donors (Lipinski definition) is 1. The summed E-state index contributed by atoms with van der Waals surface area (Å²) in [7, 11) is 0. The number of rotatable bonds is 6. The summed E-state index contributed by atoms with van der Waals surface area (Å²) >= 11 is 0. The SMILES string of the molecule is CCCNC(Cc1ccc(F)cc1)C1CC(C)CC(C)C1. The predicted molar refractivity (Wildman–Crippen MR) is 87.9 cm³/mol. The summed E-state index contributed by atoms with van der Waals surface area (Å²) < 4.78 is 13.1. The molecule has 2 rings (SSSR count). The van der Waals surface area contributed by atoms with E-state index < -0.39 is 0 Å². The summed E-state index contributed by atoms with van der Waals surface area (Å²) in [5.41, 5.74) is 1.25. The first-order chi connectivity index (χ1) is 10.1. The number of hydrogen-bond acceptors (Lipinski definition) is 1. The third kappa shape index (κ3) is 5.10. The molecule has 1 aromatic carbocycles. The van der Waals surface area contributed by atoms with Gasteiger partial charge in [-0.1, -0.05) is 32.9 Å². The van der Waals surface area contributed by atoms with Gasteiger partial charge in [0, 0.05) is 6.04 Å².